The molecule has 1 rings (SSSR count). The molecule has 1 heterocycles. The number of nitrogens with one attached hydrogen (secondary N) is 2. The average Bonchev–Trinajstić information content (AvgIpc) is 2.69. The van der Waals surface area contributed by atoms with Gasteiger partial charge in [-0.1, -0.05) is 6.92 Å². The smallest absolute Gasteiger partial charge is 0.191 e. The Balaban J connectivity index is 0.00000256. The predicted octanol–water partition coefficient (Wildman–Crippen LogP) is 1.50. The Hall–Kier alpha value is -0.790. The summed E-state index contributed by atoms with van der Waals surface area (Å²) in [7, 11) is 3.69. The lowest BCUT2D eigenvalue weighted by atomic mass is 10.3. The Morgan fingerprint density at radius 2 is 2.29 bits per heavy atom. The number of aryl methyl sites for hydroxylation is 1. The monoisotopic (exact) mass is 351 g/mol. The summed E-state index contributed by atoms with van der Waals surface area (Å²) in [5, 5.41) is 10.7. The molecule has 5 nitrogen and oxygen atoms in total. The third-order valence-electron chi connectivity index (χ3n) is 2.44. The van der Waals surface area contributed by atoms with Crippen LogP contribution in [0.1, 0.15) is 25.8 Å². The van der Waals surface area contributed by atoms with Crippen molar-refractivity contribution in [1.82, 2.24) is 20.4 Å². The lowest BCUT2D eigenvalue weighted by molar-refractivity contribution is 0.624. The number of halogens is 1. The van der Waals surface area contributed by atoms with E-state index in [2.05, 4.69) is 34.6 Å². The van der Waals surface area contributed by atoms with Gasteiger partial charge in [0, 0.05) is 38.4 Å². The molecule has 0 radical (unpaired) electrons. The van der Waals surface area contributed by atoms with Crippen molar-refractivity contribution in [2.24, 2.45) is 12.0 Å². The highest BCUT2D eigenvalue weighted by Crippen LogP contribution is 1.95. The highest BCUT2D eigenvalue weighted by atomic mass is 127. The maximum absolute atomic E-state index is 4.17. The van der Waals surface area contributed by atoms with Crippen LogP contribution in [-0.4, -0.2) is 28.8 Å². The molecule has 0 saturated carbocycles. The third-order valence-corrected chi connectivity index (χ3v) is 2.44. The molecule has 0 aliphatic rings. The minimum absolute atomic E-state index is 0. The van der Waals surface area contributed by atoms with Gasteiger partial charge in [-0.15, -0.1) is 24.0 Å². The lowest BCUT2D eigenvalue weighted by Crippen LogP contribution is -2.41. The van der Waals surface area contributed by atoms with E-state index in [9.17, 15) is 0 Å². The van der Waals surface area contributed by atoms with Crippen molar-refractivity contribution < 1.29 is 0 Å². The molecule has 6 heteroatoms. The molecule has 0 amide bonds. The summed E-state index contributed by atoms with van der Waals surface area (Å²) in [6, 6.07) is 0.431. The first-order valence-corrected chi connectivity index (χ1v) is 5.60. The van der Waals surface area contributed by atoms with Crippen molar-refractivity contribution in [3.8, 4) is 0 Å². The van der Waals surface area contributed by atoms with Crippen molar-refractivity contribution in [3.05, 3.63) is 18.0 Å². The van der Waals surface area contributed by atoms with Gasteiger partial charge in [0.25, 0.3) is 0 Å². The molecule has 0 saturated heterocycles. The van der Waals surface area contributed by atoms with Crippen LogP contribution in [0.2, 0.25) is 0 Å². The van der Waals surface area contributed by atoms with Crippen LogP contribution in [0.25, 0.3) is 0 Å². The van der Waals surface area contributed by atoms with Gasteiger partial charge in [-0.2, -0.15) is 5.10 Å². The fourth-order valence-corrected chi connectivity index (χ4v) is 1.28. The second kappa shape index (κ2) is 8.32. The van der Waals surface area contributed by atoms with Crippen LogP contribution in [0.15, 0.2) is 17.4 Å². The SMILES string of the molecule is CCC(C)NC(=NC)NCc1cnn(C)c1.I. The Kier molecular flexibility index (Phi) is 7.94. The molecule has 0 aromatic carbocycles. The third kappa shape index (κ3) is 5.90. The molecule has 0 aliphatic carbocycles. The van der Waals surface area contributed by atoms with Crippen LogP contribution in [0, 0.1) is 0 Å². The first-order valence-electron chi connectivity index (χ1n) is 5.60. The van der Waals surface area contributed by atoms with Gasteiger partial charge in [-0.3, -0.25) is 9.67 Å². The van der Waals surface area contributed by atoms with Gasteiger partial charge in [-0.25, -0.2) is 0 Å². The van der Waals surface area contributed by atoms with Crippen LogP contribution < -0.4 is 10.6 Å². The van der Waals surface area contributed by atoms with Gasteiger partial charge in [0.1, 0.15) is 0 Å². The van der Waals surface area contributed by atoms with Gasteiger partial charge in [0.05, 0.1) is 6.20 Å². The Morgan fingerprint density at radius 3 is 2.76 bits per heavy atom. The van der Waals surface area contributed by atoms with Crippen LogP contribution >= 0.6 is 24.0 Å². The minimum Gasteiger partial charge on any atom is -0.354 e. The predicted molar refractivity (Wildman–Crippen MR) is 81.7 cm³/mol. The van der Waals surface area contributed by atoms with Crippen molar-refractivity contribution in [1.29, 1.82) is 0 Å². The van der Waals surface area contributed by atoms with E-state index in [1.54, 1.807) is 11.7 Å². The highest BCUT2D eigenvalue weighted by Gasteiger charge is 2.03. The van der Waals surface area contributed by atoms with Gasteiger partial charge in [0.15, 0.2) is 5.96 Å². The quantitative estimate of drug-likeness (QED) is 0.491. The van der Waals surface area contributed by atoms with Crippen molar-refractivity contribution in [3.63, 3.8) is 0 Å². The largest absolute Gasteiger partial charge is 0.354 e. The van der Waals surface area contributed by atoms with E-state index in [0.29, 0.717) is 6.04 Å². The van der Waals surface area contributed by atoms with E-state index in [-0.39, 0.29) is 24.0 Å². The molecule has 2 N–H and O–H groups in total. The van der Waals surface area contributed by atoms with Gasteiger partial charge in [-0.05, 0) is 13.3 Å². The van der Waals surface area contributed by atoms with Crippen LogP contribution in [0.4, 0.5) is 0 Å². The number of aliphatic imine (C=N–C) groups is 1. The number of nitrogens with zero attached hydrogens (tertiary/aromatic N) is 3. The maximum atomic E-state index is 4.17. The zero-order valence-electron chi connectivity index (χ0n) is 10.9. The average molecular weight is 351 g/mol. The molecular weight excluding hydrogens is 329 g/mol. The van der Waals surface area contributed by atoms with Crippen molar-refractivity contribution in [2.45, 2.75) is 32.9 Å². The first kappa shape index (κ1) is 16.2. The van der Waals surface area contributed by atoms with Crippen LogP contribution in [-0.2, 0) is 13.6 Å². The molecule has 1 atom stereocenters. The summed E-state index contributed by atoms with van der Waals surface area (Å²) in [6.07, 6.45) is 4.92. The summed E-state index contributed by atoms with van der Waals surface area (Å²) in [5.74, 6) is 0.832. The summed E-state index contributed by atoms with van der Waals surface area (Å²) >= 11 is 0. The molecule has 1 unspecified atom stereocenters. The summed E-state index contributed by atoms with van der Waals surface area (Å²) < 4.78 is 1.79. The van der Waals surface area contributed by atoms with E-state index in [1.165, 1.54) is 0 Å². The van der Waals surface area contributed by atoms with Crippen LogP contribution in [0.5, 0.6) is 0 Å². The molecule has 17 heavy (non-hydrogen) atoms. The molecule has 1 aromatic heterocycles. The zero-order valence-corrected chi connectivity index (χ0v) is 13.2. The summed E-state index contributed by atoms with van der Waals surface area (Å²) in [4.78, 5) is 4.17. The molecule has 0 bridgehead atoms. The Bertz CT molecular complexity index is 347. The van der Waals surface area contributed by atoms with Gasteiger partial charge in [0.2, 0.25) is 0 Å². The fourth-order valence-electron chi connectivity index (χ4n) is 1.28. The van der Waals surface area contributed by atoms with Crippen LogP contribution in [0.3, 0.4) is 0 Å². The minimum atomic E-state index is 0. The Labute approximate surface area is 120 Å². The standard InChI is InChI=1S/C11H21N5.HI/c1-5-9(2)15-11(12-3)13-6-10-7-14-16(4)8-10;/h7-9H,5-6H2,1-4H3,(H2,12,13,15);1H. The number of hydrogen-bond donors (Lipinski definition) is 2. The fraction of sp³-hybridized carbons (Fsp3) is 0.636. The Morgan fingerprint density at radius 1 is 1.59 bits per heavy atom. The maximum Gasteiger partial charge on any atom is 0.191 e. The lowest BCUT2D eigenvalue weighted by Gasteiger charge is -2.15. The second-order valence-corrected chi connectivity index (χ2v) is 3.90. The van der Waals surface area contributed by atoms with E-state index in [0.717, 1.165) is 24.5 Å². The topological polar surface area (TPSA) is 54.2 Å². The molecule has 98 valence electrons. The molecule has 0 fully saturated rings. The normalized spacial score (nSPS) is 12.8. The van der Waals surface area contributed by atoms with E-state index in [1.807, 2.05) is 19.4 Å². The molecular formula is C11H22IN5. The van der Waals surface area contributed by atoms with Gasteiger partial charge < -0.3 is 10.6 Å². The van der Waals surface area contributed by atoms with Crippen molar-refractivity contribution in [2.75, 3.05) is 7.05 Å². The molecule has 0 aliphatic heterocycles. The molecule has 0 spiro atoms. The first-order chi connectivity index (χ1) is 7.65. The zero-order chi connectivity index (χ0) is 12.0. The molecule has 1 aromatic rings. The summed E-state index contributed by atoms with van der Waals surface area (Å²) in [5.41, 5.74) is 1.15. The highest BCUT2D eigenvalue weighted by molar-refractivity contribution is 14.0. The number of rotatable bonds is 4. The second-order valence-electron chi connectivity index (χ2n) is 3.90. The van der Waals surface area contributed by atoms with Crippen molar-refractivity contribution >= 4 is 29.9 Å². The number of aromatic nitrogens is 2. The van der Waals surface area contributed by atoms with E-state index in [4.69, 9.17) is 0 Å². The van der Waals surface area contributed by atoms with Gasteiger partial charge >= 0.3 is 0 Å². The number of hydrogen-bond acceptors (Lipinski definition) is 2. The number of guanidine groups is 1. The van der Waals surface area contributed by atoms with E-state index < -0.39 is 0 Å². The summed E-state index contributed by atoms with van der Waals surface area (Å²) in [6.45, 7) is 5.02. The van der Waals surface area contributed by atoms with E-state index >= 15 is 0 Å².